The SMILES string of the molecule is NOCCOCCOCCNC(=O)COC=O. The Bertz CT molecular complexity index is 202. The van der Waals surface area contributed by atoms with Gasteiger partial charge in [0.15, 0.2) is 6.61 Å². The summed E-state index contributed by atoms with van der Waals surface area (Å²) in [6.07, 6.45) is 0. The van der Waals surface area contributed by atoms with Crippen LogP contribution in [0.5, 0.6) is 0 Å². The number of carbonyl (C=O) groups excluding carboxylic acids is 2. The monoisotopic (exact) mass is 250 g/mol. The van der Waals surface area contributed by atoms with E-state index in [1.807, 2.05) is 0 Å². The first-order valence-electron chi connectivity index (χ1n) is 5.10. The Morgan fingerprint density at radius 1 is 1.12 bits per heavy atom. The highest BCUT2D eigenvalue weighted by atomic mass is 16.6. The molecule has 0 aromatic carbocycles. The van der Waals surface area contributed by atoms with Crippen LogP contribution in [0, 0.1) is 0 Å². The van der Waals surface area contributed by atoms with Gasteiger partial charge in [-0.15, -0.1) is 0 Å². The number of rotatable bonds is 12. The average molecular weight is 250 g/mol. The number of nitrogens with two attached hydrogens (primary N) is 1. The van der Waals surface area contributed by atoms with Crippen LogP contribution in [0.25, 0.3) is 0 Å². The van der Waals surface area contributed by atoms with Crippen molar-refractivity contribution in [2.24, 2.45) is 5.90 Å². The third-order valence-corrected chi connectivity index (χ3v) is 1.57. The van der Waals surface area contributed by atoms with Gasteiger partial charge in [0.25, 0.3) is 12.4 Å². The molecule has 0 bridgehead atoms. The van der Waals surface area contributed by atoms with Crippen molar-refractivity contribution < 1.29 is 28.6 Å². The Balaban J connectivity index is 3.07. The number of hydrogen-bond acceptors (Lipinski definition) is 7. The van der Waals surface area contributed by atoms with E-state index in [4.69, 9.17) is 15.4 Å². The van der Waals surface area contributed by atoms with Crippen LogP contribution in [0.1, 0.15) is 0 Å². The molecule has 0 heterocycles. The molecule has 17 heavy (non-hydrogen) atoms. The first-order chi connectivity index (χ1) is 8.31. The second-order valence-electron chi connectivity index (χ2n) is 2.85. The van der Waals surface area contributed by atoms with Gasteiger partial charge in [-0.1, -0.05) is 0 Å². The van der Waals surface area contributed by atoms with Crippen molar-refractivity contribution in [3.8, 4) is 0 Å². The molecule has 0 radical (unpaired) electrons. The zero-order valence-electron chi connectivity index (χ0n) is 9.55. The Kier molecular flexibility index (Phi) is 11.9. The van der Waals surface area contributed by atoms with Crippen molar-refractivity contribution in [3.63, 3.8) is 0 Å². The van der Waals surface area contributed by atoms with Crippen LogP contribution in [0.4, 0.5) is 0 Å². The van der Waals surface area contributed by atoms with Gasteiger partial charge in [-0.3, -0.25) is 9.59 Å². The minimum Gasteiger partial charge on any atom is -0.458 e. The second-order valence-corrected chi connectivity index (χ2v) is 2.85. The fourth-order valence-corrected chi connectivity index (χ4v) is 0.852. The molecule has 0 rings (SSSR count). The highest BCUT2D eigenvalue weighted by Gasteiger charge is 1.99. The number of amides is 1. The molecule has 8 nitrogen and oxygen atoms in total. The molecule has 0 fully saturated rings. The van der Waals surface area contributed by atoms with Gasteiger partial charge in [-0.05, 0) is 0 Å². The third-order valence-electron chi connectivity index (χ3n) is 1.57. The average Bonchev–Trinajstić information content (AvgIpc) is 2.34. The van der Waals surface area contributed by atoms with Gasteiger partial charge in [0.05, 0.1) is 33.0 Å². The Labute approximate surface area is 99.3 Å². The Hall–Kier alpha value is -1.22. The fraction of sp³-hybridized carbons (Fsp3) is 0.778. The summed E-state index contributed by atoms with van der Waals surface area (Å²) in [4.78, 5) is 25.0. The summed E-state index contributed by atoms with van der Waals surface area (Å²) < 4.78 is 14.5. The summed E-state index contributed by atoms with van der Waals surface area (Å²) in [6.45, 7) is 2.28. The first kappa shape index (κ1) is 15.8. The lowest BCUT2D eigenvalue weighted by atomic mass is 10.6. The summed E-state index contributed by atoms with van der Waals surface area (Å²) in [5.41, 5.74) is 0. The number of hydrogen-bond donors (Lipinski definition) is 2. The van der Waals surface area contributed by atoms with E-state index in [0.717, 1.165) is 0 Å². The molecule has 0 aliphatic rings. The van der Waals surface area contributed by atoms with E-state index in [9.17, 15) is 9.59 Å². The van der Waals surface area contributed by atoms with Crippen molar-refractivity contribution in [3.05, 3.63) is 0 Å². The van der Waals surface area contributed by atoms with Crippen LogP contribution in [-0.2, 0) is 28.6 Å². The lowest BCUT2D eigenvalue weighted by Crippen LogP contribution is -2.30. The van der Waals surface area contributed by atoms with Crippen molar-refractivity contribution in [1.29, 1.82) is 0 Å². The lowest BCUT2D eigenvalue weighted by molar-refractivity contribution is -0.137. The van der Waals surface area contributed by atoms with Gasteiger partial charge in [0.2, 0.25) is 0 Å². The molecule has 3 N–H and O–H groups in total. The van der Waals surface area contributed by atoms with Crippen LogP contribution < -0.4 is 11.2 Å². The van der Waals surface area contributed by atoms with Crippen LogP contribution in [0.3, 0.4) is 0 Å². The minimum atomic E-state index is -0.364. The van der Waals surface area contributed by atoms with E-state index in [1.165, 1.54) is 0 Å². The summed E-state index contributed by atoms with van der Waals surface area (Å²) in [5.74, 6) is 4.42. The van der Waals surface area contributed by atoms with Crippen molar-refractivity contribution in [1.82, 2.24) is 5.32 Å². The van der Waals surface area contributed by atoms with Crippen LogP contribution in [0.15, 0.2) is 0 Å². The van der Waals surface area contributed by atoms with Gasteiger partial charge in [-0.2, -0.15) is 0 Å². The maximum atomic E-state index is 10.9. The molecule has 0 saturated carbocycles. The van der Waals surface area contributed by atoms with E-state index in [0.29, 0.717) is 39.6 Å². The molecule has 0 unspecified atom stereocenters. The molecule has 100 valence electrons. The summed E-state index contributed by atoms with van der Waals surface area (Å²) in [7, 11) is 0. The highest BCUT2D eigenvalue weighted by molar-refractivity contribution is 5.77. The van der Waals surface area contributed by atoms with E-state index in [2.05, 4.69) is 14.9 Å². The van der Waals surface area contributed by atoms with Gasteiger partial charge in [0.1, 0.15) is 0 Å². The molecule has 0 aromatic heterocycles. The van der Waals surface area contributed by atoms with Gasteiger partial charge in [-0.25, -0.2) is 5.90 Å². The molecular formula is C9H18N2O6. The van der Waals surface area contributed by atoms with E-state index >= 15 is 0 Å². The molecule has 1 amide bonds. The van der Waals surface area contributed by atoms with Gasteiger partial charge < -0.3 is 24.4 Å². The number of carbonyl (C=O) groups is 2. The predicted octanol–water partition coefficient (Wildman–Crippen LogP) is -1.80. The first-order valence-corrected chi connectivity index (χ1v) is 5.10. The molecule has 0 atom stereocenters. The number of ether oxygens (including phenoxy) is 3. The molecular weight excluding hydrogens is 232 g/mol. The molecule has 0 aliphatic heterocycles. The maximum Gasteiger partial charge on any atom is 0.293 e. The normalized spacial score (nSPS) is 9.94. The van der Waals surface area contributed by atoms with E-state index in [-0.39, 0.29) is 19.0 Å². The third kappa shape index (κ3) is 12.7. The molecule has 8 heteroatoms. The largest absolute Gasteiger partial charge is 0.458 e. The standard InChI is InChI=1S/C9H18N2O6/c10-17-6-5-15-4-3-14-2-1-11-9(13)7-16-8-12/h8H,1-7,10H2,(H,11,13). The molecule has 0 spiro atoms. The summed E-state index contributed by atoms with van der Waals surface area (Å²) >= 11 is 0. The van der Waals surface area contributed by atoms with Crippen LogP contribution >= 0.6 is 0 Å². The zero-order valence-corrected chi connectivity index (χ0v) is 9.55. The quantitative estimate of drug-likeness (QED) is 0.239. The van der Waals surface area contributed by atoms with E-state index in [1.54, 1.807) is 0 Å². The zero-order chi connectivity index (χ0) is 12.8. The molecule has 0 aromatic rings. The second kappa shape index (κ2) is 12.8. The number of nitrogens with one attached hydrogen (secondary N) is 1. The van der Waals surface area contributed by atoms with Crippen LogP contribution in [-0.4, -0.2) is 58.6 Å². The lowest BCUT2D eigenvalue weighted by Gasteiger charge is -2.06. The topological polar surface area (TPSA) is 109 Å². The maximum absolute atomic E-state index is 10.9. The summed E-state index contributed by atoms with van der Waals surface area (Å²) in [5, 5.41) is 2.50. The Morgan fingerprint density at radius 2 is 1.76 bits per heavy atom. The summed E-state index contributed by atoms with van der Waals surface area (Å²) in [6, 6.07) is 0. The predicted molar refractivity (Wildman–Crippen MR) is 56.8 cm³/mol. The van der Waals surface area contributed by atoms with E-state index < -0.39 is 0 Å². The molecule has 0 saturated heterocycles. The van der Waals surface area contributed by atoms with Crippen molar-refractivity contribution in [2.45, 2.75) is 0 Å². The van der Waals surface area contributed by atoms with Crippen molar-refractivity contribution >= 4 is 12.4 Å². The molecule has 0 aliphatic carbocycles. The van der Waals surface area contributed by atoms with Crippen molar-refractivity contribution in [2.75, 3.05) is 46.2 Å². The fourth-order valence-electron chi connectivity index (χ4n) is 0.852. The van der Waals surface area contributed by atoms with Gasteiger partial charge in [0, 0.05) is 6.54 Å². The van der Waals surface area contributed by atoms with Gasteiger partial charge >= 0.3 is 0 Å². The highest BCUT2D eigenvalue weighted by Crippen LogP contribution is 1.79. The minimum absolute atomic E-state index is 0.221. The smallest absolute Gasteiger partial charge is 0.293 e. The Morgan fingerprint density at radius 3 is 2.41 bits per heavy atom. The van der Waals surface area contributed by atoms with Crippen LogP contribution in [0.2, 0.25) is 0 Å².